The largest absolute Gasteiger partial charge is 0.361 e. The zero-order chi connectivity index (χ0) is 22.0. The van der Waals surface area contributed by atoms with Gasteiger partial charge in [-0.2, -0.15) is 0 Å². The van der Waals surface area contributed by atoms with Crippen LogP contribution in [0.4, 0.5) is 11.4 Å². The van der Waals surface area contributed by atoms with Crippen LogP contribution in [0.3, 0.4) is 0 Å². The zero-order valence-corrected chi connectivity index (χ0v) is 17.6. The molecule has 2 N–H and O–H groups in total. The third-order valence-corrected chi connectivity index (χ3v) is 4.97. The fourth-order valence-electron chi connectivity index (χ4n) is 3.32. The Kier molecular flexibility index (Phi) is 6.92. The number of para-hydroxylation sites is 2. The molecule has 0 amide bonds. The molecule has 0 aliphatic rings. The van der Waals surface area contributed by atoms with Gasteiger partial charge in [0.05, 0.1) is 0 Å². The summed E-state index contributed by atoms with van der Waals surface area (Å²) in [7, 11) is 0. The lowest BCUT2D eigenvalue weighted by Gasteiger charge is -2.13. The summed E-state index contributed by atoms with van der Waals surface area (Å²) >= 11 is 0. The van der Waals surface area contributed by atoms with Crippen molar-refractivity contribution in [3.8, 4) is 0 Å². The van der Waals surface area contributed by atoms with Gasteiger partial charge in [0.1, 0.15) is 0 Å². The predicted octanol–water partition coefficient (Wildman–Crippen LogP) is 6.86. The third kappa shape index (κ3) is 5.41. The molecule has 0 bridgehead atoms. The molecule has 0 atom stereocenters. The molecule has 32 heavy (non-hydrogen) atoms. The van der Waals surface area contributed by atoms with Gasteiger partial charge in [-0.25, -0.2) is 0 Å². The molecular formula is C29H24N2O. The standard InChI is InChI=1S/C29H24N2O/c32-29(27(23-13-5-1-6-14-23)21-30-25-17-9-3-10-18-25)28(24-15-7-2-8-16-24)22-31-26-19-11-4-12-20-26/h1-22,30-31H. The molecule has 4 rings (SSSR count). The van der Waals surface area contributed by atoms with E-state index in [-0.39, 0.29) is 5.78 Å². The van der Waals surface area contributed by atoms with E-state index in [0.29, 0.717) is 11.1 Å². The van der Waals surface area contributed by atoms with E-state index in [2.05, 4.69) is 10.6 Å². The summed E-state index contributed by atoms with van der Waals surface area (Å²) < 4.78 is 0. The summed E-state index contributed by atoms with van der Waals surface area (Å²) in [5.41, 5.74) is 4.70. The fourth-order valence-corrected chi connectivity index (χ4v) is 3.32. The van der Waals surface area contributed by atoms with Gasteiger partial charge in [-0.15, -0.1) is 0 Å². The Labute approximate surface area is 188 Å². The van der Waals surface area contributed by atoms with Crippen molar-refractivity contribution in [2.45, 2.75) is 0 Å². The Morgan fingerprint density at radius 3 is 1.12 bits per heavy atom. The molecule has 156 valence electrons. The molecule has 0 fully saturated rings. The van der Waals surface area contributed by atoms with Crippen LogP contribution >= 0.6 is 0 Å². The van der Waals surface area contributed by atoms with Crippen LogP contribution in [0.1, 0.15) is 11.1 Å². The highest BCUT2D eigenvalue weighted by Crippen LogP contribution is 2.26. The second-order valence-electron chi connectivity index (χ2n) is 7.20. The molecule has 0 aliphatic heterocycles. The number of allylic oxidation sites excluding steroid dienone is 2. The van der Waals surface area contributed by atoms with Crippen molar-refractivity contribution in [3.05, 3.63) is 145 Å². The second kappa shape index (κ2) is 10.6. The maximum atomic E-state index is 13.9. The van der Waals surface area contributed by atoms with Gasteiger partial charge in [-0.1, -0.05) is 97.1 Å². The van der Waals surface area contributed by atoms with E-state index in [9.17, 15) is 4.79 Å². The van der Waals surface area contributed by atoms with E-state index in [1.165, 1.54) is 0 Å². The van der Waals surface area contributed by atoms with E-state index in [4.69, 9.17) is 0 Å². The Balaban J connectivity index is 1.74. The van der Waals surface area contributed by atoms with E-state index in [1.807, 2.05) is 121 Å². The summed E-state index contributed by atoms with van der Waals surface area (Å²) in [5.74, 6) is -0.0748. The third-order valence-electron chi connectivity index (χ3n) is 4.97. The number of anilines is 2. The van der Waals surface area contributed by atoms with Crippen molar-refractivity contribution < 1.29 is 4.79 Å². The summed E-state index contributed by atoms with van der Waals surface area (Å²) in [5, 5.41) is 6.55. The number of rotatable bonds is 8. The molecule has 4 aromatic carbocycles. The number of benzene rings is 4. The maximum Gasteiger partial charge on any atom is 0.197 e. The van der Waals surface area contributed by atoms with Crippen molar-refractivity contribution in [2.75, 3.05) is 10.6 Å². The molecule has 3 nitrogen and oxygen atoms in total. The molecule has 0 aliphatic carbocycles. The monoisotopic (exact) mass is 416 g/mol. The quantitative estimate of drug-likeness (QED) is 0.308. The molecule has 0 spiro atoms. The van der Waals surface area contributed by atoms with Crippen LogP contribution in [0, 0.1) is 0 Å². The molecule has 0 saturated heterocycles. The van der Waals surface area contributed by atoms with Crippen LogP contribution in [0.25, 0.3) is 11.1 Å². The van der Waals surface area contributed by atoms with E-state index < -0.39 is 0 Å². The van der Waals surface area contributed by atoms with Gasteiger partial charge >= 0.3 is 0 Å². The first-order chi connectivity index (χ1) is 15.8. The molecule has 0 radical (unpaired) electrons. The lowest BCUT2D eigenvalue weighted by molar-refractivity contribution is -0.108. The van der Waals surface area contributed by atoms with Crippen molar-refractivity contribution in [1.82, 2.24) is 0 Å². The second-order valence-corrected chi connectivity index (χ2v) is 7.20. The summed E-state index contributed by atoms with van der Waals surface area (Å²) in [6.45, 7) is 0. The number of hydrogen-bond acceptors (Lipinski definition) is 3. The first-order valence-electron chi connectivity index (χ1n) is 10.5. The molecule has 0 heterocycles. The highest BCUT2D eigenvalue weighted by Gasteiger charge is 2.19. The van der Waals surface area contributed by atoms with Crippen molar-refractivity contribution in [1.29, 1.82) is 0 Å². The van der Waals surface area contributed by atoms with Crippen molar-refractivity contribution in [3.63, 3.8) is 0 Å². The van der Waals surface area contributed by atoms with Gasteiger partial charge in [-0.3, -0.25) is 4.79 Å². The lowest BCUT2D eigenvalue weighted by Crippen LogP contribution is -2.09. The van der Waals surface area contributed by atoms with Gasteiger partial charge in [0, 0.05) is 34.9 Å². The zero-order valence-electron chi connectivity index (χ0n) is 17.6. The highest BCUT2D eigenvalue weighted by molar-refractivity contribution is 6.42. The average molecular weight is 417 g/mol. The van der Waals surface area contributed by atoms with E-state index >= 15 is 0 Å². The Hall–Kier alpha value is -4.37. The fraction of sp³-hybridized carbons (Fsp3) is 0. The normalized spacial score (nSPS) is 11.6. The van der Waals surface area contributed by atoms with Crippen LogP contribution < -0.4 is 10.6 Å². The number of carbonyl (C=O) groups is 1. The Morgan fingerprint density at radius 2 is 0.781 bits per heavy atom. The molecule has 0 aromatic heterocycles. The number of Topliss-reactive ketones (excluding diaryl/α,β-unsaturated/α-hetero) is 1. The van der Waals surface area contributed by atoms with Crippen molar-refractivity contribution in [2.24, 2.45) is 0 Å². The highest BCUT2D eigenvalue weighted by atomic mass is 16.1. The van der Waals surface area contributed by atoms with Crippen LogP contribution in [0.5, 0.6) is 0 Å². The minimum atomic E-state index is -0.0748. The first kappa shape index (κ1) is 20.9. The number of ketones is 1. The SMILES string of the molecule is O=C(C(=CNc1ccccc1)c1ccccc1)C(=CNc1ccccc1)c1ccccc1. The van der Waals surface area contributed by atoms with Crippen LogP contribution in [0.2, 0.25) is 0 Å². The topological polar surface area (TPSA) is 41.1 Å². The van der Waals surface area contributed by atoms with Gasteiger partial charge in [0.25, 0.3) is 0 Å². The van der Waals surface area contributed by atoms with E-state index in [1.54, 1.807) is 12.4 Å². The van der Waals surface area contributed by atoms with Gasteiger partial charge < -0.3 is 10.6 Å². The van der Waals surface area contributed by atoms with Gasteiger partial charge in [0.2, 0.25) is 0 Å². The van der Waals surface area contributed by atoms with Gasteiger partial charge in [0.15, 0.2) is 5.78 Å². The molecule has 0 saturated carbocycles. The summed E-state index contributed by atoms with van der Waals surface area (Å²) in [6.07, 6.45) is 3.57. The maximum absolute atomic E-state index is 13.9. The van der Waals surface area contributed by atoms with E-state index in [0.717, 1.165) is 22.5 Å². The molecule has 0 unspecified atom stereocenters. The first-order valence-corrected chi connectivity index (χ1v) is 10.5. The van der Waals surface area contributed by atoms with Crippen LogP contribution in [-0.4, -0.2) is 5.78 Å². The van der Waals surface area contributed by atoms with Crippen LogP contribution in [0.15, 0.2) is 134 Å². The van der Waals surface area contributed by atoms with Gasteiger partial charge in [-0.05, 0) is 35.4 Å². The lowest BCUT2D eigenvalue weighted by atomic mass is 9.93. The number of hydrogen-bond donors (Lipinski definition) is 2. The minimum absolute atomic E-state index is 0.0748. The summed E-state index contributed by atoms with van der Waals surface area (Å²) in [4.78, 5) is 13.9. The molecule has 3 heteroatoms. The Morgan fingerprint density at radius 1 is 0.469 bits per heavy atom. The summed E-state index contributed by atoms with van der Waals surface area (Å²) in [6, 6.07) is 39.1. The van der Waals surface area contributed by atoms with Crippen molar-refractivity contribution >= 4 is 28.3 Å². The van der Waals surface area contributed by atoms with Crippen LogP contribution in [-0.2, 0) is 4.79 Å². The Bertz CT molecular complexity index is 1100. The molecular weight excluding hydrogens is 392 g/mol. The molecule has 4 aromatic rings. The predicted molar refractivity (Wildman–Crippen MR) is 134 cm³/mol. The average Bonchev–Trinajstić information content (AvgIpc) is 2.87. The minimum Gasteiger partial charge on any atom is -0.361 e. The smallest absolute Gasteiger partial charge is 0.197 e. The number of nitrogens with one attached hydrogen (secondary N) is 2. The number of carbonyl (C=O) groups excluding carboxylic acids is 1.